The Balaban J connectivity index is 1.67. The fourth-order valence-corrected chi connectivity index (χ4v) is 3.51. The Kier molecular flexibility index (Phi) is 3.62. The first-order chi connectivity index (χ1) is 8.70. The van der Waals surface area contributed by atoms with Gasteiger partial charge in [-0.25, -0.2) is 0 Å². The highest BCUT2D eigenvalue weighted by molar-refractivity contribution is 9.10. The molecule has 0 spiro atoms. The van der Waals surface area contributed by atoms with E-state index in [4.69, 9.17) is 4.74 Å². The van der Waals surface area contributed by atoms with E-state index >= 15 is 0 Å². The molecule has 1 aromatic rings. The van der Waals surface area contributed by atoms with Crippen LogP contribution in [0.1, 0.15) is 37.7 Å². The lowest BCUT2D eigenvalue weighted by molar-refractivity contribution is 0.0927. The first-order valence-corrected chi connectivity index (χ1v) is 7.69. The molecule has 1 N–H and O–H groups in total. The number of aryl methyl sites for hydroxylation is 1. The fraction of sp³-hybridized carbons (Fsp3) is 0.600. The maximum atomic E-state index is 6.16. The number of hydrogen-bond acceptors (Lipinski definition) is 2. The molecule has 2 nitrogen and oxygen atoms in total. The van der Waals surface area contributed by atoms with Crippen LogP contribution in [-0.4, -0.2) is 18.2 Å². The van der Waals surface area contributed by atoms with Crippen LogP contribution in [0.25, 0.3) is 0 Å². The maximum absolute atomic E-state index is 6.16. The standard InChI is InChI=1S/C15H20BrNO/c1-10-5-6-13(9-15(10)16)18-14-7-11-3-2-4-12(8-14)17-11/h5-6,9,11-12,14,17H,2-4,7-8H2,1H3. The van der Waals surface area contributed by atoms with Crippen LogP contribution in [0, 0.1) is 6.92 Å². The van der Waals surface area contributed by atoms with Crippen LogP contribution in [0.3, 0.4) is 0 Å². The van der Waals surface area contributed by atoms with Gasteiger partial charge in [0.2, 0.25) is 0 Å². The summed E-state index contributed by atoms with van der Waals surface area (Å²) in [7, 11) is 0. The topological polar surface area (TPSA) is 21.3 Å². The Hall–Kier alpha value is -0.540. The Morgan fingerprint density at radius 3 is 2.61 bits per heavy atom. The molecular formula is C15H20BrNO. The average Bonchev–Trinajstić information content (AvgIpc) is 2.33. The van der Waals surface area contributed by atoms with Crippen LogP contribution in [0.4, 0.5) is 0 Å². The van der Waals surface area contributed by atoms with Crippen molar-refractivity contribution in [2.24, 2.45) is 0 Å². The summed E-state index contributed by atoms with van der Waals surface area (Å²) in [6, 6.07) is 7.64. The van der Waals surface area contributed by atoms with Crippen LogP contribution < -0.4 is 10.1 Å². The smallest absolute Gasteiger partial charge is 0.120 e. The molecule has 2 unspecified atom stereocenters. The number of hydrogen-bond donors (Lipinski definition) is 1. The summed E-state index contributed by atoms with van der Waals surface area (Å²) in [6.45, 7) is 2.10. The quantitative estimate of drug-likeness (QED) is 0.897. The lowest BCUT2D eigenvalue weighted by Gasteiger charge is -2.40. The van der Waals surface area contributed by atoms with Gasteiger partial charge in [0.05, 0.1) is 0 Å². The van der Waals surface area contributed by atoms with E-state index in [-0.39, 0.29) is 0 Å². The van der Waals surface area contributed by atoms with E-state index in [1.807, 2.05) is 0 Å². The third kappa shape index (κ3) is 2.72. The van der Waals surface area contributed by atoms with Gasteiger partial charge in [0, 0.05) is 16.6 Å². The van der Waals surface area contributed by atoms with Crippen molar-refractivity contribution in [1.82, 2.24) is 5.32 Å². The van der Waals surface area contributed by atoms with E-state index in [2.05, 4.69) is 46.4 Å². The number of fused-ring (bicyclic) bond motifs is 2. The zero-order valence-electron chi connectivity index (χ0n) is 10.8. The van der Waals surface area contributed by atoms with Gasteiger partial charge in [0.1, 0.15) is 11.9 Å². The van der Waals surface area contributed by atoms with Crippen LogP contribution in [0.15, 0.2) is 22.7 Å². The second-order valence-electron chi connectivity index (χ2n) is 5.61. The van der Waals surface area contributed by atoms with Crippen LogP contribution >= 0.6 is 15.9 Å². The number of piperidine rings is 2. The molecule has 2 heterocycles. The van der Waals surface area contributed by atoms with E-state index in [0.717, 1.165) is 23.1 Å². The zero-order valence-corrected chi connectivity index (χ0v) is 12.4. The predicted molar refractivity (Wildman–Crippen MR) is 77.1 cm³/mol. The lowest BCUT2D eigenvalue weighted by atomic mass is 9.85. The molecule has 3 rings (SSSR count). The SMILES string of the molecule is Cc1ccc(OC2CC3CCCC(C2)N3)cc1Br. The summed E-state index contributed by atoms with van der Waals surface area (Å²) in [6.07, 6.45) is 6.70. The Morgan fingerprint density at radius 1 is 1.22 bits per heavy atom. The van der Waals surface area contributed by atoms with Gasteiger partial charge < -0.3 is 10.1 Å². The Labute approximate surface area is 117 Å². The average molecular weight is 310 g/mol. The fourth-order valence-electron chi connectivity index (χ4n) is 3.15. The molecule has 2 aliphatic rings. The molecule has 3 heteroatoms. The summed E-state index contributed by atoms with van der Waals surface area (Å²) in [5.74, 6) is 0.998. The van der Waals surface area contributed by atoms with Gasteiger partial charge in [0.15, 0.2) is 0 Å². The van der Waals surface area contributed by atoms with Gasteiger partial charge in [-0.15, -0.1) is 0 Å². The van der Waals surface area contributed by atoms with E-state index in [1.54, 1.807) is 0 Å². The van der Waals surface area contributed by atoms with E-state index in [9.17, 15) is 0 Å². The molecule has 2 fully saturated rings. The minimum absolute atomic E-state index is 0.385. The highest BCUT2D eigenvalue weighted by atomic mass is 79.9. The highest BCUT2D eigenvalue weighted by Gasteiger charge is 2.32. The molecule has 1 aromatic carbocycles. The monoisotopic (exact) mass is 309 g/mol. The third-order valence-electron chi connectivity index (χ3n) is 4.12. The van der Waals surface area contributed by atoms with Gasteiger partial charge in [-0.05, 0) is 50.3 Å². The molecule has 2 aliphatic heterocycles. The summed E-state index contributed by atoms with van der Waals surface area (Å²) in [5.41, 5.74) is 1.25. The highest BCUT2D eigenvalue weighted by Crippen LogP contribution is 2.30. The Bertz CT molecular complexity index is 423. The number of halogens is 1. The Morgan fingerprint density at radius 2 is 1.94 bits per heavy atom. The molecule has 0 aromatic heterocycles. The minimum Gasteiger partial charge on any atom is -0.490 e. The second-order valence-corrected chi connectivity index (χ2v) is 6.47. The lowest BCUT2D eigenvalue weighted by Crippen LogP contribution is -2.51. The van der Waals surface area contributed by atoms with Gasteiger partial charge in [-0.3, -0.25) is 0 Å². The van der Waals surface area contributed by atoms with E-state index in [0.29, 0.717) is 18.2 Å². The molecule has 2 bridgehead atoms. The molecule has 98 valence electrons. The normalized spacial score (nSPS) is 31.1. The zero-order chi connectivity index (χ0) is 12.5. The van der Waals surface area contributed by atoms with Crippen molar-refractivity contribution in [3.05, 3.63) is 28.2 Å². The summed E-state index contributed by atoms with van der Waals surface area (Å²) < 4.78 is 7.29. The predicted octanol–water partition coefficient (Wildman–Crippen LogP) is 3.81. The van der Waals surface area contributed by atoms with Crippen molar-refractivity contribution in [1.29, 1.82) is 0 Å². The van der Waals surface area contributed by atoms with E-state index in [1.165, 1.54) is 24.8 Å². The number of nitrogens with one attached hydrogen (secondary N) is 1. The van der Waals surface area contributed by atoms with Crippen LogP contribution in [0.5, 0.6) is 5.75 Å². The summed E-state index contributed by atoms with van der Waals surface area (Å²) in [5, 5.41) is 3.70. The molecule has 0 radical (unpaired) electrons. The van der Waals surface area contributed by atoms with Crippen molar-refractivity contribution >= 4 is 15.9 Å². The largest absolute Gasteiger partial charge is 0.490 e. The van der Waals surface area contributed by atoms with Gasteiger partial charge in [-0.1, -0.05) is 28.4 Å². The van der Waals surface area contributed by atoms with Crippen molar-refractivity contribution < 1.29 is 4.74 Å². The molecule has 18 heavy (non-hydrogen) atoms. The van der Waals surface area contributed by atoms with Crippen molar-refractivity contribution in [3.8, 4) is 5.75 Å². The number of rotatable bonds is 2. The van der Waals surface area contributed by atoms with Crippen molar-refractivity contribution in [2.45, 2.75) is 57.2 Å². The molecule has 0 amide bonds. The third-order valence-corrected chi connectivity index (χ3v) is 4.97. The van der Waals surface area contributed by atoms with Gasteiger partial charge in [-0.2, -0.15) is 0 Å². The van der Waals surface area contributed by atoms with E-state index < -0.39 is 0 Å². The molecule has 2 atom stereocenters. The van der Waals surface area contributed by atoms with Crippen molar-refractivity contribution in [2.75, 3.05) is 0 Å². The molecule has 0 aliphatic carbocycles. The first-order valence-electron chi connectivity index (χ1n) is 6.89. The van der Waals surface area contributed by atoms with Crippen LogP contribution in [-0.2, 0) is 0 Å². The second kappa shape index (κ2) is 5.22. The number of ether oxygens (including phenoxy) is 1. The molecule has 2 saturated heterocycles. The van der Waals surface area contributed by atoms with Gasteiger partial charge in [0.25, 0.3) is 0 Å². The molecule has 0 saturated carbocycles. The summed E-state index contributed by atoms with van der Waals surface area (Å²) in [4.78, 5) is 0. The summed E-state index contributed by atoms with van der Waals surface area (Å²) >= 11 is 3.57. The van der Waals surface area contributed by atoms with Crippen molar-refractivity contribution in [3.63, 3.8) is 0 Å². The van der Waals surface area contributed by atoms with Crippen LogP contribution in [0.2, 0.25) is 0 Å². The van der Waals surface area contributed by atoms with Gasteiger partial charge >= 0.3 is 0 Å². The first kappa shape index (κ1) is 12.5. The molecular weight excluding hydrogens is 290 g/mol. The maximum Gasteiger partial charge on any atom is 0.120 e. The number of benzene rings is 1. The minimum atomic E-state index is 0.385.